The van der Waals surface area contributed by atoms with Crippen molar-refractivity contribution in [3.05, 3.63) is 227 Å². The minimum absolute atomic E-state index is 0.188. The highest BCUT2D eigenvalue weighted by Crippen LogP contribution is 2.37. The quantitative estimate of drug-likeness (QED) is 0.110. The highest BCUT2D eigenvalue weighted by atomic mass is 16.4. The molecule has 0 radical (unpaired) electrons. The maximum absolute atomic E-state index is 12.6. The number of carbonyl (C=O) groups is 4. The summed E-state index contributed by atoms with van der Waals surface area (Å²) in [5, 5.41) is 0. The van der Waals surface area contributed by atoms with Gasteiger partial charge in [-0.25, -0.2) is 0 Å². The van der Waals surface area contributed by atoms with Crippen LogP contribution in [0.1, 0.15) is 52.6 Å². The van der Waals surface area contributed by atoms with Gasteiger partial charge in [0.2, 0.25) is 17.7 Å². The molecule has 3 heterocycles. The molecule has 0 saturated heterocycles. The molecule has 0 unspecified atom stereocenters. The lowest BCUT2D eigenvalue weighted by Crippen LogP contribution is -2.08. The summed E-state index contributed by atoms with van der Waals surface area (Å²) in [6.45, 7) is 0. The number of rotatable bonds is 8. The average molecular weight is 773 g/mol. The Labute approximate surface area is 338 Å². The zero-order valence-corrected chi connectivity index (χ0v) is 31.2. The van der Waals surface area contributed by atoms with Crippen molar-refractivity contribution in [2.24, 2.45) is 0 Å². The van der Waals surface area contributed by atoms with E-state index in [4.69, 9.17) is 13.3 Å². The molecule has 2 aliphatic carbocycles. The lowest BCUT2D eigenvalue weighted by atomic mass is 10.1. The van der Waals surface area contributed by atoms with Gasteiger partial charge in [-0.1, -0.05) is 91.0 Å². The molecule has 8 aromatic rings. The Morgan fingerprint density at radius 2 is 0.644 bits per heavy atom. The molecule has 0 amide bonds. The van der Waals surface area contributed by atoms with Crippen LogP contribution in [0.4, 0.5) is 34.7 Å². The first-order valence-corrected chi connectivity index (χ1v) is 18.7. The van der Waals surface area contributed by atoms with Crippen LogP contribution in [-0.2, 0) is 0 Å². The van der Waals surface area contributed by atoms with Crippen molar-refractivity contribution in [1.29, 1.82) is 0 Å². The van der Waals surface area contributed by atoms with Gasteiger partial charge in [0, 0.05) is 51.8 Å². The predicted octanol–water partition coefficient (Wildman–Crippen LogP) is 12.0. The zero-order chi connectivity index (χ0) is 40.3. The van der Waals surface area contributed by atoms with E-state index in [0.717, 1.165) is 28.2 Å². The molecule has 10 rings (SSSR count). The van der Waals surface area contributed by atoms with E-state index in [1.54, 1.807) is 91.6 Å². The zero-order valence-electron chi connectivity index (χ0n) is 31.2. The summed E-state index contributed by atoms with van der Waals surface area (Å²) in [6, 6.07) is 49.9. The molecule has 3 aromatic heterocycles. The van der Waals surface area contributed by atoms with E-state index in [2.05, 4.69) is 0 Å². The molecule has 9 nitrogen and oxygen atoms in total. The van der Waals surface area contributed by atoms with Gasteiger partial charge in [-0.3, -0.25) is 29.0 Å². The van der Waals surface area contributed by atoms with Crippen molar-refractivity contribution in [2.45, 2.75) is 0 Å². The number of benzene rings is 5. The SMILES string of the molecule is O=C1C(=Cc2ccc(N(c3ccccc3)c3ccco3)cc2)C(=O)c2ccccc21.O=C1C(=Cc2ccc(N(c3ccco3)c3ccco3)cc2)C(=O)c2ccccc21. The van der Waals surface area contributed by atoms with Crippen LogP contribution in [0, 0.1) is 0 Å². The van der Waals surface area contributed by atoms with Crippen molar-refractivity contribution in [1.82, 2.24) is 0 Å². The number of nitrogens with zero attached hydrogens (tertiary/aromatic N) is 2. The molecule has 2 aliphatic rings. The molecule has 0 bridgehead atoms. The monoisotopic (exact) mass is 772 g/mol. The highest BCUT2D eigenvalue weighted by Gasteiger charge is 2.33. The maximum atomic E-state index is 12.6. The van der Waals surface area contributed by atoms with Crippen LogP contribution < -0.4 is 9.80 Å². The number of para-hydroxylation sites is 1. The fraction of sp³-hybridized carbons (Fsp3) is 0. The summed E-state index contributed by atoms with van der Waals surface area (Å²) < 4.78 is 16.7. The van der Waals surface area contributed by atoms with Gasteiger partial charge in [-0.15, -0.1) is 0 Å². The number of hydrogen-bond donors (Lipinski definition) is 0. The maximum Gasteiger partial charge on any atom is 0.206 e. The van der Waals surface area contributed by atoms with Gasteiger partial charge in [-0.05, 0) is 77.9 Å². The van der Waals surface area contributed by atoms with Crippen LogP contribution in [0.25, 0.3) is 12.2 Å². The first kappa shape index (κ1) is 36.3. The number of Topliss-reactive ketones (excluding diaryl/α,β-unsaturated/α-hetero) is 4. The van der Waals surface area contributed by atoms with Crippen molar-refractivity contribution < 1.29 is 32.4 Å². The van der Waals surface area contributed by atoms with E-state index in [1.165, 1.54) is 0 Å². The summed E-state index contributed by atoms with van der Waals surface area (Å²) in [5.74, 6) is 1.02. The van der Waals surface area contributed by atoms with Gasteiger partial charge in [-0.2, -0.15) is 0 Å². The third-order valence-corrected chi connectivity index (χ3v) is 9.93. The number of allylic oxidation sites excluding steroid dienone is 2. The molecular weight excluding hydrogens is 741 g/mol. The molecule has 9 heteroatoms. The Kier molecular flexibility index (Phi) is 9.66. The normalized spacial score (nSPS) is 12.8. The van der Waals surface area contributed by atoms with Crippen LogP contribution in [0.5, 0.6) is 0 Å². The van der Waals surface area contributed by atoms with E-state index in [1.807, 2.05) is 113 Å². The van der Waals surface area contributed by atoms with Crippen LogP contribution in [0.3, 0.4) is 0 Å². The van der Waals surface area contributed by atoms with Gasteiger partial charge in [0.1, 0.15) is 0 Å². The highest BCUT2D eigenvalue weighted by molar-refractivity contribution is 6.42. The molecule has 0 aliphatic heterocycles. The van der Waals surface area contributed by atoms with Crippen LogP contribution in [-0.4, -0.2) is 23.1 Å². The first-order chi connectivity index (χ1) is 28.9. The number of carbonyl (C=O) groups excluding carboxylic acids is 4. The lowest BCUT2D eigenvalue weighted by molar-refractivity contribution is 0.0975. The third kappa shape index (κ3) is 7.04. The molecular formula is C50H32N2O7. The second-order valence-electron chi connectivity index (χ2n) is 13.6. The minimum atomic E-state index is -0.234. The van der Waals surface area contributed by atoms with Crippen LogP contribution in [0.15, 0.2) is 207 Å². The molecule has 0 spiro atoms. The minimum Gasteiger partial charge on any atom is -0.448 e. The Bertz CT molecular complexity index is 2760. The molecule has 5 aromatic carbocycles. The second-order valence-corrected chi connectivity index (χ2v) is 13.6. The van der Waals surface area contributed by atoms with Crippen molar-refractivity contribution in [3.8, 4) is 0 Å². The average Bonchev–Trinajstić information content (AvgIpc) is 4.16. The van der Waals surface area contributed by atoms with E-state index < -0.39 is 0 Å². The van der Waals surface area contributed by atoms with Crippen LogP contribution in [0.2, 0.25) is 0 Å². The van der Waals surface area contributed by atoms with E-state index >= 15 is 0 Å². The van der Waals surface area contributed by atoms with Crippen molar-refractivity contribution in [3.63, 3.8) is 0 Å². The summed E-state index contributed by atoms with van der Waals surface area (Å²) in [4.78, 5) is 54.2. The van der Waals surface area contributed by atoms with Gasteiger partial charge in [0.15, 0.2) is 23.1 Å². The third-order valence-electron chi connectivity index (χ3n) is 9.93. The smallest absolute Gasteiger partial charge is 0.206 e. The van der Waals surface area contributed by atoms with E-state index in [9.17, 15) is 19.2 Å². The summed E-state index contributed by atoms with van der Waals surface area (Å²) in [6.07, 6.45) is 8.13. The second kappa shape index (κ2) is 15.7. The summed E-state index contributed by atoms with van der Waals surface area (Å²) >= 11 is 0. The largest absolute Gasteiger partial charge is 0.448 e. The van der Waals surface area contributed by atoms with Gasteiger partial charge in [0.25, 0.3) is 0 Å². The first-order valence-electron chi connectivity index (χ1n) is 18.7. The van der Waals surface area contributed by atoms with E-state index in [0.29, 0.717) is 39.9 Å². The molecule has 0 saturated carbocycles. The predicted molar refractivity (Wildman–Crippen MR) is 225 cm³/mol. The van der Waals surface area contributed by atoms with Gasteiger partial charge >= 0.3 is 0 Å². The Balaban J connectivity index is 0.000000152. The standard InChI is InChI=1S/C26H17NO3.C24H15NO4/c28-25-21-9-4-5-10-22(21)26(29)23(25)17-18-12-14-20(15-13-18)27(24-11-6-16-30-24)19-7-2-1-3-8-19;26-23-18-5-1-2-6-19(18)24(27)20(23)15-16-9-11-17(12-10-16)25(21-7-3-13-28-21)22-8-4-14-29-22/h1-17H;1-15H. The number of fused-ring (bicyclic) bond motifs is 2. The molecule has 284 valence electrons. The Morgan fingerprint density at radius 1 is 0.322 bits per heavy atom. The summed E-state index contributed by atoms with van der Waals surface area (Å²) in [7, 11) is 0. The summed E-state index contributed by atoms with van der Waals surface area (Å²) in [5.41, 5.74) is 6.50. The molecule has 0 atom stereocenters. The number of hydrogen-bond acceptors (Lipinski definition) is 9. The van der Waals surface area contributed by atoms with E-state index in [-0.39, 0.29) is 34.3 Å². The van der Waals surface area contributed by atoms with Crippen molar-refractivity contribution in [2.75, 3.05) is 9.80 Å². The Morgan fingerprint density at radius 3 is 1.00 bits per heavy atom. The number of ketones is 4. The fourth-order valence-corrected chi connectivity index (χ4v) is 7.11. The number of anilines is 6. The molecule has 0 N–H and O–H groups in total. The molecule has 59 heavy (non-hydrogen) atoms. The van der Waals surface area contributed by atoms with Gasteiger partial charge in [0.05, 0.1) is 35.6 Å². The Hall–Kier alpha value is -8.30. The fourth-order valence-electron chi connectivity index (χ4n) is 7.11. The number of furan rings is 3. The van der Waals surface area contributed by atoms with Gasteiger partial charge < -0.3 is 13.3 Å². The van der Waals surface area contributed by atoms with Crippen LogP contribution >= 0.6 is 0 Å². The van der Waals surface area contributed by atoms with Crippen molar-refractivity contribution >= 4 is 70.0 Å². The lowest BCUT2D eigenvalue weighted by Gasteiger charge is -2.22. The molecule has 0 fully saturated rings. The topological polar surface area (TPSA) is 114 Å².